The Morgan fingerprint density at radius 2 is 1.88 bits per heavy atom. The van der Waals surface area contributed by atoms with Gasteiger partial charge < -0.3 is 19.5 Å². The van der Waals surface area contributed by atoms with Gasteiger partial charge in [-0.2, -0.15) is 0 Å². The lowest BCUT2D eigenvalue weighted by Gasteiger charge is -2.37. The lowest BCUT2D eigenvalue weighted by molar-refractivity contribution is 0.0369. The fraction of sp³-hybridized carbons (Fsp3) is 0.630. The van der Waals surface area contributed by atoms with E-state index in [1.807, 2.05) is 12.3 Å². The van der Waals surface area contributed by atoms with Crippen molar-refractivity contribution in [3.8, 4) is 0 Å². The van der Waals surface area contributed by atoms with Crippen molar-refractivity contribution < 1.29 is 4.74 Å². The van der Waals surface area contributed by atoms with Crippen LogP contribution in [0.15, 0.2) is 30.5 Å². The Balaban J connectivity index is 1.41. The van der Waals surface area contributed by atoms with Gasteiger partial charge in [0.1, 0.15) is 0 Å². The number of nitrogens with one attached hydrogen (secondary N) is 1. The van der Waals surface area contributed by atoms with Crippen LogP contribution in [0.4, 0.5) is 0 Å². The molecule has 2 aromatic rings. The Hall–Kier alpha value is -1.96. The molecule has 2 saturated heterocycles. The minimum absolute atomic E-state index is 0.0814. The summed E-state index contributed by atoms with van der Waals surface area (Å²) in [5.41, 5.74) is 5.19. The van der Waals surface area contributed by atoms with Crippen LogP contribution < -0.4 is 5.32 Å². The maximum absolute atomic E-state index is 5.97. The summed E-state index contributed by atoms with van der Waals surface area (Å²) in [5.74, 6) is 0. The van der Waals surface area contributed by atoms with E-state index in [0.29, 0.717) is 6.04 Å². The zero-order chi connectivity index (χ0) is 23.5. The molecule has 7 heteroatoms. The molecule has 0 bridgehead atoms. The van der Waals surface area contributed by atoms with Gasteiger partial charge in [-0.15, -0.1) is 0 Å². The summed E-state index contributed by atoms with van der Waals surface area (Å²) in [6.45, 7) is 10.6. The highest BCUT2D eigenvalue weighted by Crippen LogP contribution is 2.44. The van der Waals surface area contributed by atoms with Crippen LogP contribution in [0.1, 0.15) is 73.3 Å². The second kappa shape index (κ2) is 10.8. The molecule has 0 unspecified atom stereocenters. The van der Waals surface area contributed by atoms with Gasteiger partial charge in [-0.25, -0.2) is 0 Å². The van der Waals surface area contributed by atoms with Crippen molar-refractivity contribution in [3.05, 3.63) is 53.1 Å². The van der Waals surface area contributed by atoms with E-state index < -0.39 is 0 Å². The Morgan fingerprint density at radius 1 is 1.09 bits per heavy atom. The summed E-state index contributed by atoms with van der Waals surface area (Å²) >= 11 is 5.97. The molecular weight excluding hydrogens is 442 g/mol. The van der Waals surface area contributed by atoms with Gasteiger partial charge in [-0.1, -0.05) is 25.3 Å². The minimum Gasteiger partial charge on any atom is -0.379 e. The number of nitrogens with zero attached hydrogens (tertiary/aromatic N) is 4. The van der Waals surface area contributed by atoms with Gasteiger partial charge in [0.05, 0.1) is 31.0 Å². The lowest BCUT2D eigenvalue weighted by Crippen LogP contribution is -2.40. The number of hydrogen-bond donors (Lipinski definition) is 1. The van der Waals surface area contributed by atoms with Crippen LogP contribution in [0.25, 0.3) is 0 Å². The van der Waals surface area contributed by atoms with Gasteiger partial charge in [-0.05, 0) is 69.1 Å². The molecule has 1 aliphatic carbocycles. The predicted molar refractivity (Wildman–Crippen MR) is 140 cm³/mol. The van der Waals surface area contributed by atoms with E-state index in [0.717, 1.165) is 56.6 Å². The third-order valence-corrected chi connectivity index (χ3v) is 8.32. The zero-order valence-corrected chi connectivity index (χ0v) is 21.5. The standard InChI is InChI=1S/C27H39N5OS/c1-20-19-23(21(2)31(20)14-8-13-30-15-17-33-18-16-30)26-25(24-11-6-7-12-28-24)29-27(34)32(26)22-9-4-3-5-10-22/h6-7,11-12,19,22,25-26H,3-5,8-10,13-18H2,1-2H3,(H,29,34)/t25-,26-/m1/s1. The molecular formula is C27H39N5OS. The molecule has 5 rings (SSSR count). The topological polar surface area (TPSA) is 45.6 Å². The highest BCUT2D eigenvalue weighted by Gasteiger charge is 2.44. The first-order valence-corrected chi connectivity index (χ1v) is 13.5. The van der Waals surface area contributed by atoms with E-state index in [1.54, 1.807) is 0 Å². The van der Waals surface area contributed by atoms with Gasteiger partial charge in [0, 0.05) is 49.8 Å². The number of thiocarbonyl (C=S) groups is 1. The van der Waals surface area contributed by atoms with Gasteiger partial charge in [0.2, 0.25) is 0 Å². The molecule has 2 aliphatic heterocycles. The highest BCUT2D eigenvalue weighted by molar-refractivity contribution is 7.80. The maximum atomic E-state index is 5.97. The molecule has 0 aromatic carbocycles. The predicted octanol–water partition coefficient (Wildman–Crippen LogP) is 4.53. The summed E-state index contributed by atoms with van der Waals surface area (Å²) in [5, 5.41) is 4.57. The SMILES string of the molecule is Cc1cc([C@@H]2[C@@H](c3ccccn3)NC(=S)N2C2CCCCC2)c(C)n1CCCN1CCOCC1. The van der Waals surface area contributed by atoms with Crippen molar-refractivity contribution in [3.63, 3.8) is 0 Å². The average Bonchev–Trinajstić information content (AvgIpc) is 3.36. The van der Waals surface area contributed by atoms with Crippen molar-refractivity contribution in [2.45, 2.75) is 77.0 Å². The normalized spacial score (nSPS) is 24.5. The second-order valence-corrected chi connectivity index (χ2v) is 10.5. The number of aryl methyl sites for hydroxylation is 1. The van der Waals surface area contributed by atoms with Crippen LogP contribution >= 0.6 is 12.2 Å². The smallest absolute Gasteiger partial charge is 0.170 e. The molecule has 2 atom stereocenters. The summed E-state index contributed by atoms with van der Waals surface area (Å²) in [7, 11) is 0. The third-order valence-electron chi connectivity index (χ3n) is 7.99. The Labute approximate surface area is 209 Å². The molecule has 3 fully saturated rings. The van der Waals surface area contributed by atoms with Crippen LogP contribution in [0.3, 0.4) is 0 Å². The Bertz CT molecular complexity index is 965. The molecule has 34 heavy (non-hydrogen) atoms. The minimum atomic E-state index is 0.0814. The van der Waals surface area contributed by atoms with E-state index in [4.69, 9.17) is 21.9 Å². The summed E-state index contributed by atoms with van der Waals surface area (Å²) < 4.78 is 8.02. The number of hydrogen-bond acceptors (Lipinski definition) is 4. The summed E-state index contributed by atoms with van der Waals surface area (Å²) in [6, 6.07) is 9.40. The molecule has 0 spiro atoms. The molecule has 184 valence electrons. The highest BCUT2D eigenvalue weighted by atomic mass is 32.1. The number of pyridine rings is 1. The maximum Gasteiger partial charge on any atom is 0.170 e. The molecule has 6 nitrogen and oxygen atoms in total. The first-order chi connectivity index (χ1) is 16.6. The largest absolute Gasteiger partial charge is 0.379 e. The second-order valence-electron chi connectivity index (χ2n) is 10.1. The first kappa shape index (κ1) is 23.8. The van der Waals surface area contributed by atoms with Gasteiger partial charge in [-0.3, -0.25) is 9.88 Å². The van der Waals surface area contributed by atoms with Gasteiger partial charge in [0.15, 0.2) is 5.11 Å². The number of ether oxygens (including phenoxy) is 1. The third kappa shape index (κ3) is 4.88. The van der Waals surface area contributed by atoms with Gasteiger partial charge in [0.25, 0.3) is 0 Å². The number of aromatic nitrogens is 2. The van der Waals surface area contributed by atoms with Crippen LogP contribution in [0.5, 0.6) is 0 Å². The van der Waals surface area contributed by atoms with E-state index >= 15 is 0 Å². The van der Waals surface area contributed by atoms with E-state index in [9.17, 15) is 0 Å². The van der Waals surface area contributed by atoms with E-state index in [1.165, 1.54) is 49.1 Å². The Morgan fingerprint density at radius 3 is 2.62 bits per heavy atom. The van der Waals surface area contributed by atoms with Crippen molar-refractivity contribution in [1.82, 2.24) is 24.7 Å². The fourth-order valence-electron chi connectivity index (χ4n) is 6.20. The first-order valence-electron chi connectivity index (χ1n) is 13.1. The fourth-order valence-corrected chi connectivity index (χ4v) is 6.59. The molecule has 1 saturated carbocycles. The van der Waals surface area contributed by atoms with Crippen LogP contribution in [-0.4, -0.2) is 63.4 Å². The van der Waals surface area contributed by atoms with Gasteiger partial charge >= 0.3 is 0 Å². The molecule has 2 aromatic heterocycles. The van der Waals surface area contributed by atoms with Crippen molar-refractivity contribution in [2.24, 2.45) is 0 Å². The van der Waals surface area contributed by atoms with Crippen LogP contribution in [-0.2, 0) is 11.3 Å². The number of rotatable bonds is 7. The van der Waals surface area contributed by atoms with Crippen molar-refractivity contribution in [1.29, 1.82) is 0 Å². The zero-order valence-electron chi connectivity index (χ0n) is 20.7. The van der Waals surface area contributed by atoms with Crippen molar-refractivity contribution in [2.75, 3.05) is 32.8 Å². The average molecular weight is 482 g/mol. The monoisotopic (exact) mass is 481 g/mol. The Kier molecular flexibility index (Phi) is 7.52. The molecule has 0 radical (unpaired) electrons. The van der Waals surface area contributed by atoms with E-state index in [-0.39, 0.29) is 12.1 Å². The quantitative estimate of drug-likeness (QED) is 0.587. The van der Waals surface area contributed by atoms with Crippen LogP contribution in [0.2, 0.25) is 0 Å². The molecule has 4 heterocycles. The summed E-state index contributed by atoms with van der Waals surface area (Å²) in [6.07, 6.45) is 9.45. The molecule has 3 aliphatic rings. The van der Waals surface area contributed by atoms with Crippen LogP contribution in [0, 0.1) is 13.8 Å². The lowest BCUT2D eigenvalue weighted by atomic mass is 9.90. The molecule has 0 amide bonds. The summed E-state index contributed by atoms with van der Waals surface area (Å²) in [4.78, 5) is 9.80. The van der Waals surface area contributed by atoms with Crippen molar-refractivity contribution >= 4 is 17.3 Å². The van der Waals surface area contributed by atoms with E-state index in [2.05, 4.69) is 51.7 Å². The molecule has 1 N–H and O–H groups in total. The number of morpholine rings is 1.